The number of benzene rings is 1. The molecule has 2 N–H and O–H groups in total. The smallest absolute Gasteiger partial charge is 0.326 e. The van der Waals surface area contributed by atoms with Crippen LogP contribution in [0.25, 0.3) is 0 Å². The maximum absolute atomic E-state index is 12.0. The second-order valence-electron chi connectivity index (χ2n) is 6.07. The molecule has 8 nitrogen and oxygen atoms in total. The SMILES string of the molecule is C[C@@H](OC(=O)CN1CCCCCC1=O)C(=O)NNC(=O)c1ccccc1. The van der Waals surface area contributed by atoms with Crippen molar-refractivity contribution in [1.29, 1.82) is 0 Å². The lowest BCUT2D eigenvalue weighted by Crippen LogP contribution is -2.47. The number of amides is 3. The lowest BCUT2D eigenvalue weighted by Gasteiger charge is -2.20. The van der Waals surface area contributed by atoms with E-state index in [2.05, 4.69) is 10.9 Å². The highest BCUT2D eigenvalue weighted by Crippen LogP contribution is 2.11. The maximum atomic E-state index is 12.0. The molecule has 0 unspecified atom stereocenters. The monoisotopic (exact) mass is 361 g/mol. The summed E-state index contributed by atoms with van der Waals surface area (Å²) in [6, 6.07) is 8.37. The normalized spacial score (nSPS) is 15.6. The number of esters is 1. The highest BCUT2D eigenvalue weighted by atomic mass is 16.5. The van der Waals surface area contributed by atoms with E-state index in [1.54, 1.807) is 30.3 Å². The van der Waals surface area contributed by atoms with Crippen molar-refractivity contribution in [3.05, 3.63) is 35.9 Å². The van der Waals surface area contributed by atoms with Crippen molar-refractivity contribution in [2.24, 2.45) is 0 Å². The molecule has 1 saturated heterocycles. The van der Waals surface area contributed by atoms with Crippen molar-refractivity contribution in [2.45, 2.75) is 38.7 Å². The summed E-state index contributed by atoms with van der Waals surface area (Å²) in [6.45, 7) is 1.74. The van der Waals surface area contributed by atoms with Crippen molar-refractivity contribution in [3.8, 4) is 0 Å². The van der Waals surface area contributed by atoms with Gasteiger partial charge in [0.05, 0.1) is 0 Å². The number of carbonyl (C=O) groups is 4. The standard InChI is InChI=1S/C18H23N3O5/c1-13(17(24)19-20-18(25)14-8-4-2-5-9-14)26-16(23)12-21-11-7-3-6-10-15(21)22/h2,4-5,8-9,13H,3,6-7,10-12H2,1H3,(H,19,24)(H,20,25)/t13-/m1/s1. The second kappa shape index (κ2) is 9.55. The van der Waals surface area contributed by atoms with Gasteiger partial charge in [-0.1, -0.05) is 24.6 Å². The summed E-state index contributed by atoms with van der Waals surface area (Å²) in [7, 11) is 0. The largest absolute Gasteiger partial charge is 0.451 e. The van der Waals surface area contributed by atoms with Gasteiger partial charge in [-0.2, -0.15) is 0 Å². The van der Waals surface area contributed by atoms with Crippen LogP contribution in [0.5, 0.6) is 0 Å². The van der Waals surface area contributed by atoms with Crippen molar-refractivity contribution in [2.75, 3.05) is 13.1 Å². The quantitative estimate of drug-likeness (QED) is 0.596. The number of rotatable bonds is 5. The summed E-state index contributed by atoms with van der Waals surface area (Å²) in [5.41, 5.74) is 4.85. The Morgan fingerprint density at radius 2 is 1.85 bits per heavy atom. The molecular formula is C18H23N3O5. The molecule has 26 heavy (non-hydrogen) atoms. The van der Waals surface area contributed by atoms with Crippen LogP contribution in [0, 0.1) is 0 Å². The van der Waals surface area contributed by atoms with Crippen LogP contribution >= 0.6 is 0 Å². The molecule has 0 saturated carbocycles. The summed E-state index contributed by atoms with van der Waals surface area (Å²) in [5, 5.41) is 0. The number of hydrazine groups is 1. The Morgan fingerprint density at radius 3 is 2.58 bits per heavy atom. The fraction of sp³-hybridized carbons (Fsp3) is 0.444. The summed E-state index contributed by atoms with van der Waals surface area (Å²) in [4.78, 5) is 49.1. The van der Waals surface area contributed by atoms with Gasteiger partial charge in [-0.25, -0.2) is 0 Å². The maximum Gasteiger partial charge on any atom is 0.326 e. The van der Waals surface area contributed by atoms with Crippen LogP contribution in [0.2, 0.25) is 0 Å². The minimum absolute atomic E-state index is 0.0771. The zero-order valence-electron chi connectivity index (χ0n) is 14.7. The molecule has 140 valence electrons. The third kappa shape index (κ3) is 5.87. The molecule has 2 rings (SSSR count). The second-order valence-corrected chi connectivity index (χ2v) is 6.07. The fourth-order valence-electron chi connectivity index (χ4n) is 2.53. The number of nitrogens with one attached hydrogen (secondary N) is 2. The predicted molar refractivity (Wildman–Crippen MR) is 92.7 cm³/mol. The van der Waals surface area contributed by atoms with Gasteiger partial charge in [0.2, 0.25) is 5.91 Å². The highest BCUT2D eigenvalue weighted by molar-refractivity contribution is 5.95. The zero-order valence-corrected chi connectivity index (χ0v) is 14.7. The van der Waals surface area contributed by atoms with Gasteiger partial charge >= 0.3 is 5.97 Å². The molecule has 1 aromatic rings. The van der Waals surface area contributed by atoms with E-state index >= 15 is 0 Å². The number of nitrogens with zero attached hydrogens (tertiary/aromatic N) is 1. The molecule has 1 heterocycles. The average molecular weight is 361 g/mol. The number of likely N-dealkylation sites (tertiary alicyclic amines) is 1. The van der Waals surface area contributed by atoms with Crippen molar-refractivity contribution < 1.29 is 23.9 Å². The molecular weight excluding hydrogens is 338 g/mol. The minimum Gasteiger partial charge on any atom is -0.451 e. The van der Waals surface area contributed by atoms with Gasteiger partial charge in [0.25, 0.3) is 11.8 Å². The predicted octanol–water partition coefficient (Wildman–Crippen LogP) is 0.782. The van der Waals surface area contributed by atoms with Crippen LogP contribution in [-0.4, -0.2) is 47.8 Å². The Labute approximate surface area is 151 Å². The first-order valence-electron chi connectivity index (χ1n) is 8.60. The highest BCUT2D eigenvalue weighted by Gasteiger charge is 2.23. The van der Waals surface area contributed by atoms with Gasteiger partial charge in [0.1, 0.15) is 6.54 Å². The molecule has 0 bridgehead atoms. The molecule has 8 heteroatoms. The van der Waals surface area contributed by atoms with E-state index in [-0.39, 0.29) is 12.5 Å². The van der Waals surface area contributed by atoms with E-state index in [0.717, 1.165) is 19.3 Å². The number of carbonyl (C=O) groups excluding carboxylic acids is 4. The van der Waals surface area contributed by atoms with Crippen LogP contribution in [0.3, 0.4) is 0 Å². The molecule has 0 aromatic heterocycles. The van der Waals surface area contributed by atoms with Gasteiger partial charge in [-0.05, 0) is 31.9 Å². The number of hydrogen-bond donors (Lipinski definition) is 2. The van der Waals surface area contributed by atoms with Gasteiger partial charge < -0.3 is 9.64 Å². The summed E-state index contributed by atoms with van der Waals surface area (Å²) < 4.78 is 5.05. The van der Waals surface area contributed by atoms with Gasteiger partial charge in [0, 0.05) is 18.5 Å². The Morgan fingerprint density at radius 1 is 1.12 bits per heavy atom. The minimum atomic E-state index is -1.10. The topological polar surface area (TPSA) is 105 Å². The first-order chi connectivity index (χ1) is 12.5. The molecule has 1 aliphatic heterocycles. The van der Waals surface area contributed by atoms with Crippen molar-refractivity contribution >= 4 is 23.7 Å². The van der Waals surface area contributed by atoms with Crippen LogP contribution < -0.4 is 10.9 Å². The van der Waals surface area contributed by atoms with Gasteiger partial charge in [-0.3, -0.25) is 30.0 Å². The van der Waals surface area contributed by atoms with Gasteiger partial charge in [-0.15, -0.1) is 0 Å². The molecule has 0 spiro atoms. The zero-order chi connectivity index (χ0) is 18.9. The first-order valence-corrected chi connectivity index (χ1v) is 8.60. The fourth-order valence-corrected chi connectivity index (χ4v) is 2.53. The summed E-state index contributed by atoms with van der Waals surface area (Å²) in [6.07, 6.45) is 1.96. The van der Waals surface area contributed by atoms with E-state index in [1.807, 2.05) is 0 Å². The van der Waals surface area contributed by atoms with Gasteiger partial charge in [0.15, 0.2) is 6.10 Å². The van der Waals surface area contributed by atoms with E-state index in [1.165, 1.54) is 11.8 Å². The van der Waals surface area contributed by atoms with E-state index < -0.39 is 23.9 Å². The molecule has 1 atom stereocenters. The van der Waals surface area contributed by atoms with Crippen LogP contribution in [-0.2, 0) is 19.1 Å². The summed E-state index contributed by atoms with van der Waals surface area (Å²) in [5.74, 6) is -1.87. The van der Waals surface area contributed by atoms with Crippen LogP contribution in [0.4, 0.5) is 0 Å². The molecule has 1 aliphatic rings. The number of hydrogen-bond acceptors (Lipinski definition) is 5. The molecule has 1 fully saturated rings. The van der Waals surface area contributed by atoms with Crippen molar-refractivity contribution in [3.63, 3.8) is 0 Å². The Kier molecular flexibility index (Phi) is 7.13. The third-order valence-electron chi connectivity index (χ3n) is 4.00. The molecule has 1 aromatic carbocycles. The Bertz CT molecular complexity index is 662. The van der Waals surface area contributed by atoms with E-state index in [0.29, 0.717) is 18.5 Å². The molecule has 3 amide bonds. The molecule has 0 aliphatic carbocycles. The molecule has 0 radical (unpaired) electrons. The first kappa shape index (κ1) is 19.4. The third-order valence-corrected chi connectivity index (χ3v) is 4.00. The van der Waals surface area contributed by atoms with Crippen LogP contribution in [0.1, 0.15) is 43.0 Å². The Hall–Kier alpha value is -2.90. The van der Waals surface area contributed by atoms with E-state index in [9.17, 15) is 19.2 Å². The average Bonchev–Trinajstić information content (AvgIpc) is 2.84. The lowest BCUT2D eigenvalue weighted by molar-refractivity contribution is -0.157. The van der Waals surface area contributed by atoms with Crippen LogP contribution in [0.15, 0.2) is 30.3 Å². The number of ether oxygens (including phenoxy) is 1. The Balaban J connectivity index is 1.76. The summed E-state index contributed by atoms with van der Waals surface area (Å²) >= 11 is 0. The lowest BCUT2D eigenvalue weighted by atomic mass is 10.2. The van der Waals surface area contributed by atoms with E-state index in [4.69, 9.17) is 4.74 Å². The van der Waals surface area contributed by atoms with Crippen molar-refractivity contribution in [1.82, 2.24) is 15.8 Å².